The van der Waals surface area contributed by atoms with Crippen molar-refractivity contribution < 1.29 is 14.1 Å². The predicted octanol–water partition coefficient (Wildman–Crippen LogP) is 4.79. The number of amides is 1. The number of carbonyl (C=O) groups is 1. The van der Waals surface area contributed by atoms with Crippen molar-refractivity contribution in [2.75, 3.05) is 5.32 Å². The van der Waals surface area contributed by atoms with Gasteiger partial charge in [0.05, 0.1) is 29.2 Å². The second-order valence-electron chi connectivity index (χ2n) is 8.23. The number of imidazole rings is 1. The molecule has 0 aliphatic heterocycles. The molecule has 37 heavy (non-hydrogen) atoms. The summed E-state index contributed by atoms with van der Waals surface area (Å²) in [5.74, 6) is -0.511. The van der Waals surface area contributed by atoms with Crippen LogP contribution in [0.4, 0.5) is 15.9 Å². The number of carbonyl (C=O) groups excluding carboxylic acids is 1. The van der Waals surface area contributed by atoms with E-state index in [1.165, 1.54) is 35.0 Å². The van der Waals surface area contributed by atoms with E-state index in [1.807, 2.05) is 30.3 Å². The second kappa shape index (κ2) is 9.82. The summed E-state index contributed by atoms with van der Waals surface area (Å²) in [6.45, 7) is 2.08. The number of nitrogens with zero attached hydrogens (tertiary/aromatic N) is 6. The van der Waals surface area contributed by atoms with Crippen LogP contribution in [0.15, 0.2) is 85.2 Å². The lowest BCUT2D eigenvalue weighted by molar-refractivity contribution is -0.384. The summed E-state index contributed by atoms with van der Waals surface area (Å²) >= 11 is 0. The summed E-state index contributed by atoms with van der Waals surface area (Å²) < 4.78 is 16.7. The fraction of sp³-hybridized carbons (Fsp3) is 0.0769. The molecule has 0 aliphatic carbocycles. The normalized spacial score (nSPS) is 10.9. The molecule has 1 N–H and O–H groups in total. The van der Waals surface area contributed by atoms with Crippen molar-refractivity contribution in [2.45, 2.75) is 13.5 Å². The minimum absolute atomic E-state index is 0.0454. The Labute approximate surface area is 210 Å². The molecular formula is C26H20FN7O3. The van der Waals surface area contributed by atoms with Gasteiger partial charge in [0.15, 0.2) is 5.69 Å². The maximum absolute atomic E-state index is 13.5. The molecule has 0 atom stereocenters. The molecule has 5 rings (SSSR count). The molecular weight excluding hydrogens is 477 g/mol. The molecule has 0 spiro atoms. The number of nitrogens with one attached hydrogen (secondary N) is 1. The fourth-order valence-electron chi connectivity index (χ4n) is 3.92. The number of hydrogen-bond donors (Lipinski definition) is 1. The van der Waals surface area contributed by atoms with Crippen LogP contribution in [0, 0.1) is 22.9 Å². The average molecular weight is 497 g/mol. The van der Waals surface area contributed by atoms with Gasteiger partial charge >= 0.3 is 0 Å². The van der Waals surface area contributed by atoms with Crippen molar-refractivity contribution in [1.82, 2.24) is 24.5 Å². The molecule has 0 bridgehead atoms. The highest BCUT2D eigenvalue weighted by Crippen LogP contribution is 2.28. The smallest absolute Gasteiger partial charge is 0.279 e. The third kappa shape index (κ3) is 4.82. The van der Waals surface area contributed by atoms with Crippen LogP contribution in [0.2, 0.25) is 0 Å². The summed E-state index contributed by atoms with van der Waals surface area (Å²) in [5, 5.41) is 22.1. The van der Waals surface area contributed by atoms with E-state index in [0.717, 1.165) is 5.56 Å². The molecule has 3 aromatic carbocycles. The van der Waals surface area contributed by atoms with E-state index in [9.17, 15) is 19.3 Å². The van der Waals surface area contributed by atoms with Gasteiger partial charge in [-0.2, -0.15) is 0 Å². The summed E-state index contributed by atoms with van der Waals surface area (Å²) in [6.07, 6.45) is 1.61. The molecule has 2 aromatic heterocycles. The highest BCUT2D eigenvalue weighted by molar-refractivity contribution is 6.04. The Bertz CT molecular complexity index is 1590. The fourth-order valence-corrected chi connectivity index (χ4v) is 3.92. The number of benzene rings is 3. The van der Waals surface area contributed by atoms with Crippen molar-refractivity contribution >= 4 is 17.4 Å². The Morgan fingerprint density at radius 3 is 2.54 bits per heavy atom. The highest BCUT2D eigenvalue weighted by atomic mass is 19.1. The van der Waals surface area contributed by atoms with Gasteiger partial charge in [-0.25, -0.2) is 14.1 Å². The van der Waals surface area contributed by atoms with Gasteiger partial charge in [-0.1, -0.05) is 41.6 Å². The van der Waals surface area contributed by atoms with Crippen LogP contribution < -0.4 is 5.32 Å². The van der Waals surface area contributed by atoms with E-state index < -0.39 is 10.8 Å². The topological polar surface area (TPSA) is 121 Å². The van der Waals surface area contributed by atoms with E-state index in [2.05, 4.69) is 20.6 Å². The van der Waals surface area contributed by atoms with Crippen molar-refractivity contribution in [3.05, 3.63) is 118 Å². The molecule has 11 heteroatoms. The van der Waals surface area contributed by atoms with Gasteiger partial charge in [-0.3, -0.25) is 14.9 Å². The van der Waals surface area contributed by atoms with Gasteiger partial charge in [0.25, 0.3) is 11.6 Å². The molecule has 0 fully saturated rings. The van der Waals surface area contributed by atoms with Crippen LogP contribution in [0.1, 0.15) is 21.7 Å². The molecule has 0 saturated carbocycles. The van der Waals surface area contributed by atoms with Gasteiger partial charge in [0.1, 0.15) is 17.3 Å². The monoisotopic (exact) mass is 497 g/mol. The van der Waals surface area contributed by atoms with Gasteiger partial charge in [-0.05, 0) is 42.8 Å². The molecule has 5 aromatic rings. The first-order valence-electron chi connectivity index (χ1n) is 11.2. The second-order valence-corrected chi connectivity index (χ2v) is 8.23. The van der Waals surface area contributed by atoms with E-state index >= 15 is 0 Å². The van der Waals surface area contributed by atoms with Crippen LogP contribution in [-0.4, -0.2) is 35.4 Å². The van der Waals surface area contributed by atoms with Crippen LogP contribution in [-0.2, 0) is 6.54 Å². The number of nitro benzene ring substituents is 1. The Balaban J connectivity index is 1.50. The minimum atomic E-state index is -0.535. The molecule has 10 nitrogen and oxygen atoms in total. The minimum Gasteiger partial charge on any atom is -0.312 e. The Hall–Kier alpha value is -5.19. The quantitative estimate of drug-likeness (QED) is 0.255. The largest absolute Gasteiger partial charge is 0.312 e. The summed E-state index contributed by atoms with van der Waals surface area (Å²) in [7, 11) is 0. The number of aromatic nitrogens is 5. The number of rotatable bonds is 7. The van der Waals surface area contributed by atoms with Gasteiger partial charge < -0.3 is 9.88 Å². The molecule has 2 heterocycles. The first kappa shape index (κ1) is 23.5. The highest BCUT2D eigenvalue weighted by Gasteiger charge is 2.22. The summed E-state index contributed by atoms with van der Waals surface area (Å²) in [5.41, 5.74) is 2.83. The van der Waals surface area contributed by atoms with Crippen molar-refractivity contribution in [1.29, 1.82) is 0 Å². The Kier molecular flexibility index (Phi) is 6.25. The van der Waals surface area contributed by atoms with Gasteiger partial charge in [0.2, 0.25) is 0 Å². The standard InChI is InChI=1S/C26H20FN7O3/c1-17-23(30-31-33(17)21-8-5-9-22(14-21)34(36)37)26(35)29-25-24(19-10-12-20(27)13-11-19)28-16-32(25)15-18-6-3-2-4-7-18/h2-14,16H,15H2,1H3,(H,29,35). The van der Waals surface area contributed by atoms with E-state index in [0.29, 0.717) is 35.0 Å². The zero-order valence-electron chi connectivity index (χ0n) is 19.6. The van der Waals surface area contributed by atoms with Crippen LogP contribution >= 0.6 is 0 Å². The van der Waals surface area contributed by atoms with Gasteiger partial charge in [0, 0.05) is 17.7 Å². The third-order valence-corrected chi connectivity index (χ3v) is 5.78. The van der Waals surface area contributed by atoms with Crippen molar-refractivity contribution in [3.8, 4) is 16.9 Å². The third-order valence-electron chi connectivity index (χ3n) is 5.78. The van der Waals surface area contributed by atoms with E-state index in [1.54, 1.807) is 36.0 Å². The van der Waals surface area contributed by atoms with E-state index in [4.69, 9.17) is 0 Å². The summed E-state index contributed by atoms with van der Waals surface area (Å²) in [4.78, 5) is 28.5. The van der Waals surface area contributed by atoms with Crippen molar-refractivity contribution in [3.63, 3.8) is 0 Å². The SMILES string of the molecule is Cc1c(C(=O)Nc2c(-c3ccc(F)cc3)ncn2Cc2ccccc2)nnn1-c1cccc([N+](=O)[O-])c1. The number of hydrogen-bond acceptors (Lipinski definition) is 6. The lowest BCUT2D eigenvalue weighted by atomic mass is 10.1. The molecule has 0 aliphatic rings. The maximum Gasteiger partial charge on any atom is 0.279 e. The summed E-state index contributed by atoms with van der Waals surface area (Å²) in [6, 6.07) is 21.4. The molecule has 0 saturated heterocycles. The zero-order chi connectivity index (χ0) is 25.9. The van der Waals surface area contributed by atoms with Gasteiger partial charge in [-0.15, -0.1) is 5.10 Å². The lowest BCUT2D eigenvalue weighted by Crippen LogP contribution is -2.18. The lowest BCUT2D eigenvalue weighted by Gasteiger charge is -2.12. The van der Waals surface area contributed by atoms with Crippen LogP contribution in [0.3, 0.4) is 0 Å². The first-order chi connectivity index (χ1) is 17.9. The Morgan fingerprint density at radius 1 is 1.05 bits per heavy atom. The number of halogens is 1. The number of anilines is 1. The van der Waals surface area contributed by atoms with E-state index in [-0.39, 0.29) is 17.2 Å². The molecule has 184 valence electrons. The Morgan fingerprint density at radius 2 is 1.81 bits per heavy atom. The molecule has 0 radical (unpaired) electrons. The number of nitro groups is 1. The van der Waals surface area contributed by atoms with Crippen LogP contribution in [0.25, 0.3) is 16.9 Å². The molecule has 0 unspecified atom stereocenters. The first-order valence-corrected chi connectivity index (χ1v) is 11.2. The predicted molar refractivity (Wildman–Crippen MR) is 134 cm³/mol. The number of non-ortho nitro benzene ring substituents is 1. The van der Waals surface area contributed by atoms with Crippen molar-refractivity contribution in [2.24, 2.45) is 0 Å². The zero-order valence-corrected chi connectivity index (χ0v) is 19.6. The average Bonchev–Trinajstić information content (AvgIpc) is 3.48. The maximum atomic E-state index is 13.5. The molecule has 1 amide bonds. The van der Waals surface area contributed by atoms with Crippen LogP contribution in [0.5, 0.6) is 0 Å².